The topological polar surface area (TPSA) is 29.5 Å². The van der Waals surface area contributed by atoms with Crippen molar-refractivity contribution in [3.05, 3.63) is 35.9 Å². The van der Waals surface area contributed by atoms with Crippen LogP contribution in [0.15, 0.2) is 30.3 Å². The molecule has 1 atom stereocenters. The number of carbonyl (C=O) groups is 1. The molecular weight excluding hydrogens is 238 g/mol. The molecule has 0 amide bonds. The Morgan fingerprint density at radius 3 is 2.95 bits per heavy atom. The number of hydrogen-bond donors (Lipinski definition) is 0. The largest absolute Gasteiger partial charge is 0.465 e. The van der Waals surface area contributed by atoms with Gasteiger partial charge in [-0.25, -0.2) is 0 Å². The lowest BCUT2D eigenvalue weighted by Gasteiger charge is -2.19. The highest BCUT2D eigenvalue weighted by atomic mass is 16.5. The summed E-state index contributed by atoms with van der Waals surface area (Å²) in [5, 5.41) is 0. The van der Waals surface area contributed by atoms with Gasteiger partial charge in [0, 0.05) is 12.1 Å². The Bertz CT molecular complexity index is 473. The number of nitrogens with zero attached hydrogens (tertiary/aromatic N) is 1. The number of ether oxygens (including phenoxy) is 1. The Morgan fingerprint density at radius 2 is 2.21 bits per heavy atom. The molecular formula is C16H19NO2. The Morgan fingerprint density at radius 1 is 1.42 bits per heavy atom. The van der Waals surface area contributed by atoms with Gasteiger partial charge in [0.25, 0.3) is 0 Å². The Balaban J connectivity index is 1.92. The Kier molecular flexibility index (Phi) is 5.00. The van der Waals surface area contributed by atoms with Gasteiger partial charge in [-0.2, -0.15) is 0 Å². The number of benzene rings is 1. The average molecular weight is 257 g/mol. The highest BCUT2D eigenvalue weighted by Gasteiger charge is 2.30. The first kappa shape index (κ1) is 13.6. The minimum Gasteiger partial charge on any atom is -0.465 e. The van der Waals surface area contributed by atoms with Gasteiger partial charge in [-0.15, -0.1) is 0 Å². The molecule has 3 heteroatoms. The van der Waals surface area contributed by atoms with Gasteiger partial charge in [0.15, 0.2) is 0 Å². The molecule has 0 radical (unpaired) electrons. The van der Waals surface area contributed by atoms with Crippen molar-refractivity contribution in [2.24, 2.45) is 0 Å². The van der Waals surface area contributed by atoms with Gasteiger partial charge in [0.1, 0.15) is 6.04 Å². The number of likely N-dealkylation sites (tertiary alicyclic amines) is 1. The lowest BCUT2D eigenvalue weighted by atomic mass is 10.2. The summed E-state index contributed by atoms with van der Waals surface area (Å²) in [6, 6.07) is 9.79. The van der Waals surface area contributed by atoms with E-state index in [-0.39, 0.29) is 12.0 Å². The zero-order valence-corrected chi connectivity index (χ0v) is 11.3. The van der Waals surface area contributed by atoms with Crippen LogP contribution in [0.5, 0.6) is 0 Å². The summed E-state index contributed by atoms with van der Waals surface area (Å²) in [6.45, 7) is 3.83. The minimum atomic E-state index is -0.110. The normalized spacial score (nSPS) is 18.7. The van der Waals surface area contributed by atoms with Crippen LogP contribution >= 0.6 is 0 Å². The van der Waals surface area contributed by atoms with Crippen molar-refractivity contribution in [3.63, 3.8) is 0 Å². The van der Waals surface area contributed by atoms with E-state index >= 15 is 0 Å². The molecule has 3 nitrogen and oxygen atoms in total. The van der Waals surface area contributed by atoms with Crippen molar-refractivity contribution >= 4 is 5.97 Å². The van der Waals surface area contributed by atoms with Gasteiger partial charge in [0.05, 0.1) is 13.2 Å². The van der Waals surface area contributed by atoms with Crippen LogP contribution < -0.4 is 0 Å². The molecule has 1 heterocycles. The van der Waals surface area contributed by atoms with Crippen molar-refractivity contribution in [3.8, 4) is 11.8 Å². The van der Waals surface area contributed by atoms with E-state index in [4.69, 9.17) is 4.74 Å². The zero-order valence-electron chi connectivity index (χ0n) is 11.3. The van der Waals surface area contributed by atoms with Gasteiger partial charge in [-0.3, -0.25) is 9.69 Å². The molecule has 100 valence electrons. The van der Waals surface area contributed by atoms with Gasteiger partial charge in [-0.05, 0) is 31.9 Å². The number of carbonyl (C=O) groups excluding carboxylic acids is 1. The van der Waals surface area contributed by atoms with Crippen LogP contribution in [0.25, 0.3) is 0 Å². The SMILES string of the molecule is CCOC(=O)C1CCCN1CC#Cc1ccccc1. The molecule has 1 saturated heterocycles. The molecule has 1 fully saturated rings. The maximum absolute atomic E-state index is 11.8. The summed E-state index contributed by atoms with van der Waals surface area (Å²) in [7, 11) is 0. The number of hydrogen-bond acceptors (Lipinski definition) is 3. The van der Waals surface area contributed by atoms with Crippen LogP contribution in [-0.2, 0) is 9.53 Å². The summed E-state index contributed by atoms with van der Waals surface area (Å²) < 4.78 is 5.09. The quantitative estimate of drug-likeness (QED) is 0.613. The van der Waals surface area contributed by atoms with Gasteiger partial charge >= 0.3 is 5.97 Å². The van der Waals surface area contributed by atoms with Gasteiger partial charge < -0.3 is 4.74 Å². The van der Waals surface area contributed by atoms with Gasteiger partial charge in [0.2, 0.25) is 0 Å². The van der Waals surface area contributed by atoms with E-state index in [0.29, 0.717) is 13.2 Å². The van der Waals surface area contributed by atoms with E-state index in [2.05, 4.69) is 16.7 Å². The summed E-state index contributed by atoms with van der Waals surface area (Å²) in [4.78, 5) is 13.9. The lowest BCUT2D eigenvalue weighted by Crippen LogP contribution is -2.37. The minimum absolute atomic E-state index is 0.106. The Hall–Kier alpha value is -1.79. The molecule has 2 rings (SSSR count). The first-order valence-electron chi connectivity index (χ1n) is 6.76. The molecule has 0 aliphatic carbocycles. The molecule has 1 aliphatic rings. The molecule has 1 aromatic rings. The standard InChI is InChI=1S/C16H19NO2/c1-2-19-16(18)15-11-7-13-17(15)12-6-10-14-8-4-3-5-9-14/h3-5,8-9,15H,2,7,11-13H2,1H3. The second-order valence-electron chi connectivity index (χ2n) is 4.55. The number of rotatable bonds is 3. The lowest BCUT2D eigenvalue weighted by molar-refractivity contribution is -0.148. The van der Waals surface area contributed by atoms with E-state index in [0.717, 1.165) is 24.9 Å². The number of esters is 1. The first-order chi connectivity index (χ1) is 9.31. The van der Waals surface area contributed by atoms with Crippen molar-refractivity contribution in [2.45, 2.75) is 25.8 Å². The van der Waals surface area contributed by atoms with E-state index in [1.807, 2.05) is 37.3 Å². The predicted octanol–water partition coefficient (Wildman–Crippen LogP) is 2.07. The van der Waals surface area contributed by atoms with Crippen molar-refractivity contribution in [1.29, 1.82) is 0 Å². The van der Waals surface area contributed by atoms with Crippen LogP contribution in [0.4, 0.5) is 0 Å². The fraction of sp³-hybridized carbons (Fsp3) is 0.438. The fourth-order valence-corrected chi connectivity index (χ4v) is 2.29. The first-order valence-corrected chi connectivity index (χ1v) is 6.76. The van der Waals surface area contributed by atoms with Crippen LogP contribution in [0.2, 0.25) is 0 Å². The van der Waals surface area contributed by atoms with Gasteiger partial charge in [-0.1, -0.05) is 30.0 Å². The molecule has 0 N–H and O–H groups in total. The van der Waals surface area contributed by atoms with Crippen LogP contribution in [0.1, 0.15) is 25.3 Å². The predicted molar refractivity (Wildman–Crippen MR) is 74.5 cm³/mol. The molecule has 0 saturated carbocycles. The maximum Gasteiger partial charge on any atom is 0.323 e. The molecule has 1 unspecified atom stereocenters. The summed E-state index contributed by atoms with van der Waals surface area (Å²) >= 11 is 0. The highest BCUT2D eigenvalue weighted by molar-refractivity contribution is 5.76. The monoisotopic (exact) mass is 257 g/mol. The summed E-state index contributed by atoms with van der Waals surface area (Å²) in [5.74, 6) is 6.15. The third-order valence-corrected chi connectivity index (χ3v) is 3.21. The summed E-state index contributed by atoms with van der Waals surface area (Å²) in [5.41, 5.74) is 1.01. The second kappa shape index (κ2) is 6.96. The smallest absolute Gasteiger partial charge is 0.323 e. The molecule has 0 aromatic heterocycles. The van der Waals surface area contributed by atoms with Crippen LogP contribution in [0.3, 0.4) is 0 Å². The third kappa shape index (κ3) is 3.84. The van der Waals surface area contributed by atoms with E-state index < -0.39 is 0 Å². The van der Waals surface area contributed by atoms with Crippen molar-refractivity contribution < 1.29 is 9.53 Å². The molecule has 0 bridgehead atoms. The highest BCUT2D eigenvalue weighted by Crippen LogP contribution is 2.17. The molecule has 1 aromatic carbocycles. The molecule has 1 aliphatic heterocycles. The molecule has 19 heavy (non-hydrogen) atoms. The maximum atomic E-state index is 11.8. The van der Waals surface area contributed by atoms with Crippen LogP contribution in [-0.4, -0.2) is 36.6 Å². The fourth-order valence-electron chi connectivity index (χ4n) is 2.29. The molecule has 0 spiro atoms. The van der Waals surface area contributed by atoms with E-state index in [1.54, 1.807) is 0 Å². The second-order valence-corrected chi connectivity index (χ2v) is 4.55. The summed E-state index contributed by atoms with van der Waals surface area (Å²) in [6.07, 6.45) is 1.92. The van der Waals surface area contributed by atoms with E-state index in [1.165, 1.54) is 0 Å². The Labute approximate surface area is 114 Å². The zero-order chi connectivity index (χ0) is 13.5. The third-order valence-electron chi connectivity index (χ3n) is 3.21. The van der Waals surface area contributed by atoms with Crippen LogP contribution in [0, 0.1) is 11.8 Å². The van der Waals surface area contributed by atoms with Crippen molar-refractivity contribution in [2.75, 3.05) is 19.7 Å². The van der Waals surface area contributed by atoms with E-state index in [9.17, 15) is 4.79 Å². The average Bonchev–Trinajstić information content (AvgIpc) is 2.89. The van der Waals surface area contributed by atoms with Crippen molar-refractivity contribution in [1.82, 2.24) is 4.90 Å².